The number of rotatable bonds is 5. The Kier molecular flexibility index (Phi) is 4.59. The molecule has 112 valence electrons. The molecule has 2 rings (SSSR count). The van der Waals surface area contributed by atoms with Crippen LogP contribution in [0, 0.1) is 0 Å². The molecule has 0 aromatic carbocycles. The van der Waals surface area contributed by atoms with Gasteiger partial charge in [-0.15, -0.1) is 0 Å². The van der Waals surface area contributed by atoms with E-state index in [1.807, 2.05) is 6.92 Å². The van der Waals surface area contributed by atoms with Crippen molar-refractivity contribution in [3.8, 4) is 0 Å². The van der Waals surface area contributed by atoms with E-state index in [2.05, 4.69) is 15.3 Å². The van der Waals surface area contributed by atoms with Crippen LogP contribution in [0.25, 0.3) is 0 Å². The summed E-state index contributed by atoms with van der Waals surface area (Å²) in [7, 11) is 0. The second-order valence-electron chi connectivity index (χ2n) is 4.26. The molecule has 2 heterocycles. The number of halogens is 2. The zero-order valence-corrected chi connectivity index (χ0v) is 11.3. The number of aryl methyl sites for hydroxylation is 1. The Morgan fingerprint density at radius 1 is 1.48 bits per heavy atom. The highest BCUT2D eigenvalue weighted by molar-refractivity contribution is 6.03. The van der Waals surface area contributed by atoms with E-state index in [1.165, 1.54) is 0 Å². The van der Waals surface area contributed by atoms with Crippen LogP contribution < -0.4 is 5.32 Å². The molecule has 0 aliphatic carbocycles. The summed E-state index contributed by atoms with van der Waals surface area (Å²) in [4.78, 5) is 19.6. The van der Waals surface area contributed by atoms with Crippen LogP contribution in [0.2, 0.25) is 0 Å². The summed E-state index contributed by atoms with van der Waals surface area (Å²) in [6, 6.07) is 1.02. The molecule has 1 amide bonds. The van der Waals surface area contributed by atoms with Gasteiger partial charge in [-0.2, -0.15) is 0 Å². The second-order valence-corrected chi connectivity index (χ2v) is 4.26. The van der Waals surface area contributed by atoms with Gasteiger partial charge in [0.05, 0.1) is 24.2 Å². The molecule has 8 heteroatoms. The minimum Gasteiger partial charge on any atom is -0.390 e. The van der Waals surface area contributed by atoms with E-state index in [0.717, 1.165) is 12.3 Å². The molecule has 0 bridgehead atoms. The minimum atomic E-state index is -2.81. The highest BCUT2D eigenvalue weighted by Crippen LogP contribution is 2.23. The van der Waals surface area contributed by atoms with E-state index < -0.39 is 24.5 Å². The van der Waals surface area contributed by atoms with Crippen LogP contribution >= 0.6 is 0 Å². The Hall–Kier alpha value is -2.35. The molecule has 0 fully saturated rings. The van der Waals surface area contributed by atoms with Crippen molar-refractivity contribution in [2.24, 2.45) is 0 Å². The molecule has 0 saturated heterocycles. The Bertz CT molecular complexity index is 643. The molecular formula is C13H14F2N4O2. The lowest BCUT2D eigenvalue weighted by Crippen LogP contribution is -2.14. The van der Waals surface area contributed by atoms with E-state index in [-0.39, 0.29) is 11.3 Å². The van der Waals surface area contributed by atoms with E-state index in [9.17, 15) is 13.6 Å². The number of nitrogens with zero attached hydrogens (tertiary/aromatic N) is 3. The molecule has 0 saturated carbocycles. The predicted octanol–water partition coefficient (Wildman–Crippen LogP) is 1.98. The number of nitrogens with one attached hydrogen (secondary N) is 1. The molecule has 0 radical (unpaired) electrons. The van der Waals surface area contributed by atoms with Gasteiger partial charge < -0.3 is 15.0 Å². The largest absolute Gasteiger partial charge is 0.390 e. The van der Waals surface area contributed by atoms with E-state index >= 15 is 0 Å². The summed E-state index contributed by atoms with van der Waals surface area (Å²) < 4.78 is 27.4. The first kappa shape index (κ1) is 15.0. The number of aliphatic hydroxyl groups is 1. The number of alkyl halides is 2. The molecule has 0 unspecified atom stereocenters. The molecule has 0 aliphatic rings. The van der Waals surface area contributed by atoms with Crippen molar-refractivity contribution in [2.45, 2.75) is 26.5 Å². The Balaban J connectivity index is 2.20. The van der Waals surface area contributed by atoms with Crippen molar-refractivity contribution in [1.82, 2.24) is 14.5 Å². The van der Waals surface area contributed by atoms with Crippen LogP contribution in [0.15, 0.2) is 24.8 Å². The molecule has 21 heavy (non-hydrogen) atoms. The van der Waals surface area contributed by atoms with Gasteiger partial charge in [-0.1, -0.05) is 0 Å². The highest BCUT2D eigenvalue weighted by Gasteiger charge is 2.17. The normalized spacial score (nSPS) is 10.9. The number of amides is 1. The third-order valence-electron chi connectivity index (χ3n) is 2.89. The Labute approximate surface area is 119 Å². The maximum Gasteiger partial charge on any atom is 0.265 e. The molecular weight excluding hydrogens is 282 g/mol. The number of anilines is 1. The van der Waals surface area contributed by atoms with E-state index in [1.54, 1.807) is 17.1 Å². The van der Waals surface area contributed by atoms with Gasteiger partial charge in [-0.3, -0.25) is 9.78 Å². The fraction of sp³-hybridized carbons (Fsp3) is 0.308. The van der Waals surface area contributed by atoms with Gasteiger partial charge in [0.15, 0.2) is 5.82 Å². The molecule has 0 spiro atoms. The lowest BCUT2D eigenvalue weighted by molar-refractivity contribution is 0.102. The second kappa shape index (κ2) is 6.40. The van der Waals surface area contributed by atoms with Crippen LogP contribution in [-0.2, 0) is 13.2 Å². The fourth-order valence-corrected chi connectivity index (χ4v) is 1.74. The van der Waals surface area contributed by atoms with Crippen LogP contribution in [0.5, 0.6) is 0 Å². The van der Waals surface area contributed by atoms with Gasteiger partial charge >= 0.3 is 0 Å². The molecule has 2 aromatic rings. The smallest absolute Gasteiger partial charge is 0.265 e. The molecule has 6 nitrogen and oxygen atoms in total. The molecule has 0 atom stereocenters. The van der Waals surface area contributed by atoms with E-state index in [0.29, 0.717) is 12.4 Å². The SMILES string of the molecule is CCn1cnc(NC(=O)c2cnc(CO)c(C(F)F)c2)c1. The third-order valence-corrected chi connectivity index (χ3v) is 2.89. The van der Waals surface area contributed by atoms with E-state index in [4.69, 9.17) is 5.11 Å². The first-order valence-corrected chi connectivity index (χ1v) is 6.26. The number of hydrogen-bond donors (Lipinski definition) is 2. The zero-order valence-electron chi connectivity index (χ0n) is 11.3. The Morgan fingerprint density at radius 2 is 2.24 bits per heavy atom. The number of hydrogen-bond acceptors (Lipinski definition) is 4. The number of carbonyl (C=O) groups is 1. The van der Waals surface area contributed by atoms with Crippen LogP contribution in [0.3, 0.4) is 0 Å². The minimum absolute atomic E-state index is 0.0199. The quantitative estimate of drug-likeness (QED) is 0.884. The lowest BCUT2D eigenvalue weighted by atomic mass is 10.1. The summed E-state index contributed by atoms with van der Waals surface area (Å²) in [5.74, 6) is -0.262. The number of aliphatic hydroxyl groups excluding tert-OH is 1. The zero-order chi connectivity index (χ0) is 15.4. The Morgan fingerprint density at radius 3 is 2.81 bits per heavy atom. The number of carbonyl (C=O) groups excluding carboxylic acids is 1. The maximum absolute atomic E-state index is 12.8. The van der Waals surface area contributed by atoms with Crippen molar-refractivity contribution in [3.63, 3.8) is 0 Å². The third kappa shape index (κ3) is 3.40. The van der Waals surface area contributed by atoms with Crippen LogP contribution in [-0.4, -0.2) is 25.5 Å². The number of pyridine rings is 1. The summed E-state index contributed by atoms with van der Waals surface area (Å²) in [5.41, 5.74) is -0.616. The summed E-state index contributed by atoms with van der Waals surface area (Å²) in [5, 5.41) is 11.5. The predicted molar refractivity (Wildman–Crippen MR) is 71.0 cm³/mol. The van der Waals surface area contributed by atoms with Gasteiger partial charge in [0.1, 0.15) is 0 Å². The van der Waals surface area contributed by atoms with Crippen LogP contribution in [0.1, 0.15) is 35.0 Å². The fourth-order valence-electron chi connectivity index (χ4n) is 1.74. The number of imidazole rings is 1. The average molecular weight is 296 g/mol. The lowest BCUT2D eigenvalue weighted by Gasteiger charge is -2.08. The van der Waals surface area contributed by atoms with Crippen molar-refractivity contribution >= 4 is 11.7 Å². The van der Waals surface area contributed by atoms with Crippen molar-refractivity contribution in [2.75, 3.05) is 5.32 Å². The summed E-state index contributed by atoms with van der Waals surface area (Å²) in [6.07, 6.45) is 1.50. The molecule has 2 aromatic heterocycles. The average Bonchev–Trinajstić information content (AvgIpc) is 2.94. The molecule has 0 aliphatic heterocycles. The number of aromatic nitrogens is 3. The standard InChI is InChI=1S/C13H14F2N4O2/c1-2-19-5-11(17-7-19)18-13(21)8-3-9(12(14)15)10(6-20)16-4-8/h3-5,7,12,20H,2,6H2,1H3,(H,18,21). The first-order valence-electron chi connectivity index (χ1n) is 6.26. The van der Waals surface area contributed by atoms with Gasteiger partial charge in [-0.05, 0) is 13.0 Å². The first-order chi connectivity index (χ1) is 10.0. The van der Waals surface area contributed by atoms with Crippen molar-refractivity contribution in [1.29, 1.82) is 0 Å². The van der Waals surface area contributed by atoms with Gasteiger partial charge in [0.2, 0.25) is 0 Å². The molecule has 2 N–H and O–H groups in total. The van der Waals surface area contributed by atoms with Gasteiger partial charge in [0.25, 0.3) is 12.3 Å². The monoisotopic (exact) mass is 296 g/mol. The summed E-state index contributed by atoms with van der Waals surface area (Å²) in [6.45, 7) is 2.01. The summed E-state index contributed by atoms with van der Waals surface area (Å²) >= 11 is 0. The van der Waals surface area contributed by atoms with Gasteiger partial charge in [-0.25, -0.2) is 13.8 Å². The van der Waals surface area contributed by atoms with Crippen LogP contribution in [0.4, 0.5) is 14.6 Å². The highest BCUT2D eigenvalue weighted by atomic mass is 19.3. The maximum atomic E-state index is 12.8. The topological polar surface area (TPSA) is 80.0 Å². The van der Waals surface area contributed by atoms with Crippen molar-refractivity contribution in [3.05, 3.63) is 41.6 Å². The van der Waals surface area contributed by atoms with Gasteiger partial charge in [0, 0.05) is 24.5 Å². The van der Waals surface area contributed by atoms with Crippen molar-refractivity contribution < 1.29 is 18.7 Å².